The van der Waals surface area contributed by atoms with Gasteiger partial charge in [-0.2, -0.15) is 0 Å². The zero-order valence-electron chi connectivity index (χ0n) is 52.3. The lowest BCUT2D eigenvalue weighted by Crippen LogP contribution is -2.68. The highest BCUT2D eigenvalue weighted by molar-refractivity contribution is 5.02. The van der Waals surface area contributed by atoms with E-state index in [4.69, 9.17) is 80.5 Å². The first-order valence-electron chi connectivity index (χ1n) is 31.7. The summed E-state index contributed by atoms with van der Waals surface area (Å²) in [5.41, 5.74) is 0. The molecule has 0 aromatic rings. The van der Waals surface area contributed by atoms with E-state index in [2.05, 4.69) is 0 Å². The number of hydrogen-bond acceptors (Lipinski definition) is 46. The van der Waals surface area contributed by atoms with Crippen LogP contribution < -0.4 is 0 Å². The third-order valence-electron chi connectivity index (χ3n) is 18.7. The zero-order valence-corrected chi connectivity index (χ0v) is 52.3. The maximum absolute atomic E-state index is 12.1. The van der Waals surface area contributed by atoms with Crippen LogP contribution in [-0.2, 0) is 80.5 Å². The highest BCUT2D eigenvalue weighted by Gasteiger charge is 2.60. The van der Waals surface area contributed by atoms with E-state index >= 15 is 0 Å². The quantitative estimate of drug-likeness (QED) is 0.0404. The Hall–Kier alpha value is -1.84. The third kappa shape index (κ3) is 17.0. The Labute approximate surface area is 563 Å². The summed E-state index contributed by atoms with van der Waals surface area (Å²) in [5, 5.41) is 313. The van der Waals surface area contributed by atoms with Gasteiger partial charge < -0.3 is 229 Å². The van der Waals surface area contributed by atoms with Crippen molar-refractivity contribution in [2.75, 3.05) is 59.5 Å². The van der Waals surface area contributed by atoms with Gasteiger partial charge in [0, 0.05) is 0 Å². The van der Waals surface area contributed by atoms with Crippen molar-refractivity contribution in [3.8, 4) is 0 Å². The highest BCUT2D eigenvalue weighted by Crippen LogP contribution is 2.39. The van der Waals surface area contributed by atoms with E-state index in [1.165, 1.54) is 0 Å². The minimum Gasteiger partial charge on any atom is -0.394 e. The van der Waals surface area contributed by atoms with Gasteiger partial charge in [-0.3, -0.25) is 0 Å². The summed E-state index contributed by atoms with van der Waals surface area (Å²) in [7, 11) is 0. The first kappa shape index (κ1) is 82.2. The summed E-state index contributed by atoms with van der Waals surface area (Å²) >= 11 is 0. The molecule has 0 aliphatic carbocycles. The Bertz CT molecular complexity index is 2450. The van der Waals surface area contributed by atoms with E-state index in [-0.39, 0.29) is 0 Å². The van der Waals surface area contributed by atoms with E-state index < -0.39 is 336 Å². The summed E-state index contributed by atoms with van der Waals surface area (Å²) in [4.78, 5) is 0. The van der Waals surface area contributed by atoms with Crippen molar-refractivity contribution >= 4 is 0 Å². The SMILES string of the molecule is OC[C@H]1O[C@H](O[C@@H]2[C@@H](OC[C@H]3O[C@H](OC[C@H]4OC(O)[C@@H](O[C@H]5O[C@H](CO)[C@@H](O)[C@H](O)[C@@H]5O[C@H]5O[C@H](CO)[C@@H](O)[C@H](O)[C@@H]5O[C@H]5O[C@H](CO)[C@@H](O)[C@H](O)[C@@H]5O)[C@@H](O)[C@@H]4O)[C@@H](O[C@H]4O[C@H](CO)[C@@H](O)[C@H](O)[C@@H]4O[C@H]4O[C@H](CO)[C@@H](O)[C@H](O)[C@@H]4O)[C@@H](O)[C@@H]3O)O[C@H](CO)[C@@H](O)[C@@H]2O)[C@@H](O)[C@@H](O)[C@@H]1O. The molecular weight excluding hydrogens is 1380 g/mol. The monoisotopic (exact) mass is 1480 g/mol. The predicted molar refractivity (Wildman–Crippen MR) is 297 cm³/mol. The maximum atomic E-state index is 12.1. The Morgan fingerprint density at radius 1 is 0.170 bits per heavy atom. The van der Waals surface area contributed by atoms with Crippen molar-refractivity contribution in [2.24, 2.45) is 0 Å². The number of aliphatic hydroxyl groups excluding tert-OH is 29. The summed E-state index contributed by atoms with van der Waals surface area (Å²) in [6.45, 7) is -9.39. The molecule has 0 radical (unpaired) electrons. The Kier molecular flexibility index (Phi) is 29.2. The lowest BCUT2D eigenvalue weighted by Gasteiger charge is -2.49. The maximum Gasteiger partial charge on any atom is 0.187 e. The lowest BCUT2D eigenvalue weighted by molar-refractivity contribution is -0.407. The smallest absolute Gasteiger partial charge is 0.187 e. The van der Waals surface area contributed by atoms with Crippen LogP contribution in [0.2, 0.25) is 0 Å². The average molecular weight is 1480 g/mol. The molecule has 46 heteroatoms. The van der Waals surface area contributed by atoms with Crippen LogP contribution in [0.25, 0.3) is 0 Å². The van der Waals surface area contributed by atoms with Gasteiger partial charge >= 0.3 is 0 Å². The van der Waals surface area contributed by atoms with Crippen molar-refractivity contribution in [3.63, 3.8) is 0 Å². The Morgan fingerprint density at radius 3 is 0.620 bits per heavy atom. The van der Waals surface area contributed by atoms with E-state index in [1.807, 2.05) is 0 Å². The molecule has 46 nitrogen and oxygen atoms in total. The molecule has 584 valence electrons. The predicted octanol–water partition coefficient (Wildman–Crippen LogP) is -20.6. The van der Waals surface area contributed by atoms with Gasteiger partial charge in [-0.25, -0.2) is 0 Å². The van der Waals surface area contributed by atoms with Gasteiger partial charge in [0.15, 0.2) is 56.6 Å². The average Bonchev–Trinajstić information content (AvgIpc) is 0.776. The normalized spacial score (nSPS) is 53.7. The number of hydrogen-bond donors (Lipinski definition) is 29. The van der Waals surface area contributed by atoms with Gasteiger partial charge in [0.2, 0.25) is 0 Å². The highest BCUT2D eigenvalue weighted by atomic mass is 16.8. The fourth-order valence-corrected chi connectivity index (χ4v) is 12.6. The molecule has 9 aliphatic rings. The summed E-state index contributed by atoms with van der Waals surface area (Å²) in [6.07, 6.45) is -93.9. The van der Waals surface area contributed by atoms with Gasteiger partial charge in [-0.1, -0.05) is 0 Å². The first-order chi connectivity index (χ1) is 47.4. The zero-order chi connectivity index (χ0) is 73.4. The van der Waals surface area contributed by atoms with Crippen molar-refractivity contribution < 1.29 is 229 Å². The largest absolute Gasteiger partial charge is 0.394 e. The van der Waals surface area contributed by atoms with Crippen LogP contribution in [0.1, 0.15) is 0 Å². The third-order valence-corrected chi connectivity index (χ3v) is 18.7. The second-order valence-electron chi connectivity index (χ2n) is 25.3. The molecule has 0 bridgehead atoms. The fraction of sp³-hybridized carbons (Fsp3) is 1.00. The van der Waals surface area contributed by atoms with E-state index in [0.29, 0.717) is 0 Å². The van der Waals surface area contributed by atoms with Crippen molar-refractivity contribution in [3.05, 3.63) is 0 Å². The first-order valence-corrected chi connectivity index (χ1v) is 31.7. The van der Waals surface area contributed by atoms with Gasteiger partial charge in [0.05, 0.1) is 59.5 Å². The summed E-state index contributed by atoms with van der Waals surface area (Å²) < 4.78 is 97.2. The van der Waals surface area contributed by atoms with Crippen LogP contribution >= 0.6 is 0 Å². The van der Waals surface area contributed by atoms with Crippen LogP contribution in [-0.4, -0.2) is 484 Å². The van der Waals surface area contributed by atoms with E-state index in [0.717, 1.165) is 0 Å². The molecule has 0 saturated carbocycles. The molecule has 9 heterocycles. The van der Waals surface area contributed by atoms with Gasteiger partial charge in [0.1, 0.15) is 220 Å². The van der Waals surface area contributed by atoms with Crippen LogP contribution in [0, 0.1) is 0 Å². The van der Waals surface area contributed by atoms with Crippen molar-refractivity contribution in [2.45, 2.75) is 276 Å². The Balaban J connectivity index is 0.965. The van der Waals surface area contributed by atoms with Crippen LogP contribution in [0.4, 0.5) is 0 Å². The molecule has 29 N–H and O–H groups in total. The number of ether oxygens (including phenoxy) is 17. The molecule has 0 amide bonds. The molecule has 9 rings (SSSR count). The van der Waals surface area contributed by atoms with Crippen LogP contribution in [0.3, 0.4) is 0 Å². The minimum absolute atomic E-state index is 0.951. The van der Waals surface area contributed by atoms with Crippen LogP contribution in [0.5, 0.6) is 0 Å². The van der Waals surface area contributed by atoms with Crippen molar-refractivity contribution in [1.82, 2.24) is 0 Å². The molecular formula is C54H92O46. The molecule has 0 spiro atoms. The summed E-state index contributed by atoms with van der Waals surface area (Å²) in [6, 6.07) is 0. The van der Waals surface area contributed by atoms with Crippen molar-refractivity contribution in [1.29, 1.82) is 0 Å². The number of rotatable bonds is 25. The molecule has 9 aliphatic heterocycles. The number of aliphatic hydroxyl groups is 29. The van der Waals surface area contributed by atoms with Gasteiger partial charge in [-0.15, -0.1) is 0 Å². The second-order valence-corrected chi connectivity index (χ2v) is 25.3. The molecule has 9 saturated heterocycles. The van der Waals surface area contributed by atoms with Crippen LogP contribution in [0.15, 0.2) is 0 Å². The van der Waals surface area contributed by atoms with Gasteiger partial charge in [0.25, 0.3) is 0 Å². The molecule has 45 atom stereocenters. The summed E-state index contributed by atoms with van der Waals surface area (Å²) in [5.74, 6) is 0. The topological polar surface area (TPSA) is 744 Å². The second kappa shape index (κ2) is 35.5. The molecule has 1 unspecified atom stereocenters. The fourth-order valence-electron chi connectivity index (χ4n) is 12.6. The molecule has 9 fully saturated rings. The lowest BCUT2D eigenvalue weighted by atomic mass is 9.96. The molecule has 0 aromatic carbocycles. The minimum atomic E-state index is -2.49. The molecule has 0 aromatic heterocycles. The van der Waals surface area contributed by atoms with E-state index in [1.54, 1.807) is 0 Å². The standard InChI is InChI=1S/C54H92O46/c55-1-10-19(62)28(71)37(80)47(87-10)96-41-32(75)22(65)13(4-58)90-50(41)85-9-18-27(70)36(79)42(99-53-43(33(76)23(66)15(6-60)92-53)97-48-38(81)29(72)20(63)11(2-56)88-48)51(94-18)84-8-17-26(69)31(74)40(46(83)86-17)95-52-45(35(78)25(68)14(5-59)91-52)100-54-44(34(77)24(67)16(7-61)93-54)98-49-39(82)30(73)21(64)12(3-57)89-49/h10-83H,1-9H2/t10-,11-,12-,13-,14-,15-,16-,17-,18-,19-,20-,21-,22-,23-,24-,25-,26-,27-,28+,29+,30+,31+,32+,33+,34+,35+,36+,37+,38+,39+,40+,41+,42+,43+,44+,45+,46?,47-,48-,49-,50+,51+,52-,53-,54-/m1/s1. The molecule has 100 heavy (non-hydrogen) atoms. The Morgan fingerprint density at radius 2 is 0.350 bits per heavy atom. The van der Waals surface area contributed by atoms with Gasteiger partial charge in [-0.05, 0) is 0 Å². The van der Waals surface area contributed by atoms with E-state index in [9.17, 15) is 148 Å².